The third-order valence-electron chi connectivity index (χ3n) is 4.27. The summed E-state index contributed by atoms with van der Waals surface area (Å²) in [7, 11) is 0. The summed E-state index contributed by atoms with van der Waals surface area (Å²) in [5.41, 5.74) is 2.85. The Balaban J connectivity index is 1.39. The number of aromatic nitrogens is 2. The van der Waals surface area contributed by atoms with E-state index >= 15 is 0 Å². The van der Waals surface area contributed by atoms with Crippen molar-refractivity contribution >= 4 is 28.7 Å². The first-order valence-electron chi connectivity index (χ1n) is 8.29. The quantitative estimate of drug-likeness (QED) is 0.766. The first kappa shape index (κ1) is 15.8. The van der Waals surface area contributed by atoms with Gasteiger partial charge in [0.2, 0.25) is 0 Å². The molecule has 5 nitrogen and oxygen atoms in total. The lowest BCUT2D eigenvalue weighted by Crippen LogP contribution is -2.28. The van der Waals surface area contributed by atoms with Crippen molar-refractivity contribution in [3.05, 3.63) is 70.3 Å². The van der Waals surface area contributed by atoms with Gasteiger partial charge < -0.3 is 10.2 Å². The van der Waals surface area contributed by atoms with Gasteiger partial charge in [-0.25, -0.2) is 9.97 Å². The lowest BCUT2D eigenvalue weighted by molar-refractivity contribution is 0.0989. The van der Waals surface area contributed by atoms with E-state index in [-0.39, 0.29) is 5.91 Å². The minimum absolute atomic E-state index is 0.00628. The highest BCUT2D eigenvalue weighted by Gasteiger charge is 2.25. The van der Waals surface area contributed by atoms with Gasteiger partial charge in [-0.2, -0.15) is 0 Å². The van der Waals surface area contributed by atoms with Crippen LogP contribution in [0.15, 0.2) is 54.2 Å². The number of nitrogens with zero attached hydrogens (tertiary/aromatic N) is 3. The highest BCUT2D eigenvalue weighted by atomic mass is 32.1. The number of carbonyl (C=O) groups is 1. The number of rotatable bonds is 5. The van der Waals surface area contributed by atoms with Crippen LogP contribution in [0.1, 0.15) is 20.9 Å². The average Bonchev–Trinajstić information content (AvgIpc) is 3.31. The molecule has 0 unspecified atom stereocenters. The molecule has 1 N–H and O–H groups in total. The summed E-state index contributed by atoms with van der Waals surface area (Å²) in [6.07, 6.45) is 5.24. The molecule has 0 radical (unpaired) electrons. The Morgan fingerprint density at radius 1 is 1.20 bits per heavy atom. The molecule has 6 heteroatoms. The molecule has 0 aliphatic carbocycles. The van der Waals surface area contributed by atoms with Gasteiger partial charge in [-0.1, -0.05) is 18.2 Å². The summed E-state index contributed by atoms with van der Waals surface area (Å²) in [5, 5.41) is 6.35. The second kappa shape index (κ2) is 7.03. The molecule has 25 heavy (non-hydrogen) atoms. The monoisotopic (exact) mass is 350 g/mol. The second-order valence-corrected chi connectivity index (χ2v) is 6.85. The predicted octanol–water partition coefficient (Wildman–Crippen LogP) is 3.40. The molecule has 0 spiro atoms. The number of hydrogen-bond acceptors (Lipinski definition) is 5. The van der Waals surface area contributed by atoms with Gasteiger partial charge >= 0.3 is 0 Å². The molecule has 1 aliphatic rings. The van der Waals surface area contributed by atoms with Crippen LogP contribution in [0.4, 0.5) is 11.5 Å². The Bertz CT molecular complexity index is 861. The van der Waals surface area contributed by atoms with Crippen molar-refractivity contribution in [2.75, 3.05) is 23.3 Å². The number of anilines is 2. The first-order valence-corrected chi connectivity index (χ1v) is 9.17. The van der Waals surface area contributed by atoms with Crippen molar-refractivity contribution in [3.63, 3.8) is 0 Å². The summed E-state index contributed by atoms with van der Waals surface area (Å²) in [4.78, 5) is 23.2. The number of nitrogens with one attached hydrogen (secondary N) is 1. The van der Waals surface area contributed by atoms with E-state index in [1.165, 1.54) is 5.56 Å². The van der Waals surface area contributed by atoms with Gasteiger partial charge in [0.15, 0.2) is 0 Å². The minimum atomic E-state index is 0.00628. The minimum Gasteiger partial charge on any atom is -0.370 e. The van der Waals surface area contributed by atoms with Crippen molar-refractivity contribution in [1.82, 2.24) is 9.97 Å². The molecule has 3 heterocycles. The second-order valence-electron chi connectivity index (χ2n) is 5.87. The third-order valence-corrected chi connectivity index (χ3v) is 5.11. The number of para-hydroxylation sites is 1. The van der Waals surface area contributed by atoms with E-state index in [1.807, 2.05) is 46.8 Å². The van der Waals surface area contributed by atoms with Crippen molar-refractivity contribution in [2.24, 2.45) is 0 Å². The summed E-state index contributed by atoms with van der Waals surface area (Å²) in [6.45, 7) is 1.50. The standard InChI is InChI=1S/C19H18N4OS/c24-19(23-11-8-14-3-1-2-4-16(14)23)15-5-6-17(22-13-15)20-9-7-18-21-10-12-25-18/h1-6,10,12-13H,7-9,11H2,(H,20,22). The van der Waals surface area contributed by atoms with Gasteiger partial charge in [-0.15, -0.1) is 11.3 Å². The lowest BCUT2D eigenvalue weighted by Gasteiger charge is -2.17. The highest BCUT2D eigenvalue weighted by Crippen LogP contribution is 2.28. The Kier molecular flexibility index (Phi) is 4.43. The summed E-state index contributed by atoms with van der Waals surface area (Å²) in [5.74, 6) is 0.779. The lowest BCUT2D eigenvalue weighted by atomic mass is 10.2. The molecule has 0 saturated carbocycles. The molecule has 0 fully saturated rings. The van der Waals surface area contributed by atoms with E-state index < -0.39 is 0 Å². The van der Waals surface area contributed by atoms with Crippen LogP contribution >= 0.6 is 11.3 Å². The zero-order valence-electron chi connectivity index (χ0n) is 13.7. The number of benzene rings is 1. The first-order chi connectivity index (χ1) is 12.3. The average molecular weight is 350 g/mol. The summed E-state index contributed by atoms with van der Waals surface area (Å²) < 4.78 is 0. The van der Waals surface area contributed by atoms with Gasteiger partial charge in [0.1, 0.15) is 5.82 Å². The molecule has 2 aromatic heterocycles. The number of carbonyl (C=O) groups excluding carboxylic acids is 1. The van der Waals surface area contributed by atoms with Crippen LogP contribution in [-0.4, -0.2) is 29.0 Å². The summed E-state index contributed by atoms with van der Waals surface area (Å²) >= 11 is 1.65. The van der Waals surface area contributed by atoms with Gasteiger partial charge in [0.25, 0.3) is 5.91 Å². The molecule has 0 bridgehead atoms. The Morgan fingerprint density at radius 2 is 2.12 bits per heavy atom. The molecule has 0 atom stereocenters. The maximum Gasteiger partial charge on any atom is 0.259 e. The Labute approximate surface area is 150 Å². The van der Waals surface area contributed by atoms with Crippen LogP contribution in [0.5, 0.6) is 0 Å². The van der Waals surface area contributed by atoms with Crippen LogP contribution in [0, 0.1) is 0 Å². The van der Waals surface area contributed by atoms with E-state index in [0.717, 1.165) is 42.4 Å². The highest BCUT2D eigenvalue weighted by molar-refractivity contribution is 7.09. The molecule has 1 aromatic carbocycles. The van der Waals surface area contributed by atoms with E-state index in [2.05, 4.69) is 21.4 Å². The van der Waals surface area contributed by atoms with Crippen molar-refractivity contribution < 1.29 is 4.79 Å². The van der Waals surface area contributed by atoms with Crippen LogP contribution in [-0.2, 0) is 12.8 Å². The Morgan fingerprint density at radius 3 is 2.92 bits per heavy atom. The zero-order chi connectivity index (χ0) is 17.1. The smallest absolute Gasteiger partial charge is 0.259 e. The van der Waals surface area contributed by atoms with Gasteiger partial charge in [-0.05, 0) is 30.2 Å². The van der Waals surface area contributed by atoms with E-state index in [9.17, 15) is 4.79 Å². The zero-order valence-corrected chi connectivity index (χ0v) is 14.5. The van der Waals surface area contributed by atoms with Gasteiger partial charge in [-0.3, -0.25) is 4.79 Å². The third kappa shape index (κ3) is 3.39. The van der Waals surface area contributed by atoms with E-state index in [1.54, 1.807) is 17.5 Å². The topological polar surface area (TPSA) is 58.1 Å². The SMILES string of the molecule is O=C(c1ccc(NCCc2nccs2)nc1)N1CCc2ccccc21. The molecule has 1 aliphatic heterocycles. The molecule has 1 amide bonds. The number of fused-ring (bicyclic) bond motifs is 1. The molecule has 3 aromatic rings. The van der Waals surface area contributed by atoms with E-state index in [0.29, 0.717) is 5.56 Å². The normalized spacial score (nSPS) is 12.9. The fourth-order valence-corrected chi connectivity index (χ4v) is 3.62. The summed E-state index contributed by atoms with van der Waals surface area (Å²) in [6, 6.07) is 11.8. The molecule has 4 rings (SSSR count). The van der Waals surface area contributed by atoms with Crippen molar-refractivity contribution in [2.45, 2.75) is 12.8 Å². The van der Waals surface area contributed by atoms with Crippen LogP contribution in [0.3, 0.4) is 0 Å². The van der Waals surface area contributed by atoms with Crippen molar-refractivity contribution in [1.29, 1.82) is 0 Å². The van der Waals surface area contributed by atoms with E-state index in [4.69, 9.17) is 0 Å². The van der Waals surface area contributed by atoms with Gasteiger partial charge in [0.05, 0.1) is 10.6 Å². The van der Waals surface area contributed by atoms with Crippen LogP contribution in [0.2, 0.25) is 0 Å². The fourth-order valence-electron chi connectivity index (χ4n) is 3.00. The molecule has 126 valence electrons. The van der Waals surface area contributed by atoms with Crippen molar-refractivity contribution in [3.8, 4) is 0 Å². The van der Waals surface area contributed by atoms with Gasteiger partial charge in [0, 0.05) is 43.0 Å². The largest absolute Gasteiger partial charge is 0.370 e. The maximum absolute atomic E-state index is 12.7. The molecular weight excluding hydrogens is 332 g/mol. The molecular formula is C19H18N4OS. The van der Waals surface area contributed by atoms with Crippen LogP contribution < -0.4 is 10.2 Å². The Hall–Kier alpha value is -2.73. The maximum atomic E-state index is 12.7. The molecule has 0 saturated heterocycles. The number of amides is 1. The number of hydrogen-bond donors (Lipinski definition) is 1. The number of pyridine rings is 1. The fraction of sp³-hybridized carbons (Fsp3) is 0.211. The number of thiazole rings is 1. The predicted molar refractivity (Wildman–Crippen MR) is 100 cm³/mol. The van der Waals surface area contributed by atoms with Crippen LogP contribution in [0.25, 0.3) is 0 Å².